The molecule has 33 heavy (non-hydrogen) atoms. The first-order valence-electron chi connectivity index (χ1n) is 11.5. The lowest BCUT2D eigenvalue weighted by atomic mass is 9.86. The van der Waals surface area contributed by atoms with Crippen molar-refractivity contribution >= 4 is 33.5 Å². The molecule has 10 heteroatoms. The molecule has 1 aromatic rings. The number of hydrogen-bond donors (Lipinski definition) is 1. The number of amides is 1. The molecule has 1 aromatic carbocycles. The molecule has 0 radical (unpaired) electrons. The monoisotopic (exact) mass is 500 g/mol. The third-order valence-electron chi connectivity index (χ3n) is 6.26. The largest absolute Gasteiger partial charge is 0.449 e. The van der Waals surface area contributed by atoms with Crippen LogP contribution in [0, 0.1) is 5.92 Å². The van der Waals surface area contributed by atoms with Gasteiger partial charge in [-0.2, -0.15) is 4.31 Å². The number of nitrogens with zero attached hydrogens (tertiary/aromatic N) is 1. The predicted molar refractivity (Wildman–Crippen MR) is 125 cm³/mol. The number of halogens is 1. The van der Waals surface area contributed by atoms with Crippen LogP contribution in [0.15, 0.2) is 23.1 Å². The van der Waals surface area contributed by atoms with Crippen molar-refractivity contribution in [1.29, 1.82) is 0 Å². The number of ether oxygens (including phenoxy) is 2. The van der Waals surface area contributed by atoms with Gasteiger partial charge < -0.3 is 14.8 Å². The maximum atomic E-state index is 13.2. The molecule has 1 N–H and O–H groups in total. The Hall–Kier alpha value is -1.68. The number of morpholine rings is 1. The molecule has 2 fully saturated rings. The van der Waals surface area contributed by atoms with Crippen LogP contribution in [0.4, 0.5) is 0 Å². The number of carbonyl (C=O) groups is 2. The predicted octanol–water partition coefficient (Wildman–Crippen LogP) is 3.38. The highest BCUT2D eigenvalue weighted by Crippen LogP contribution is 2.29. The lowest BCUT2D eigenvalue weighted by Gasteiger charge is -2.34. The minimum absolute atomic E-state index is 0.00965. The van der Waals surface area contributed by atoms with Gasteiger partial charge in [-0.05, 0) is 57.7 Å². The van der Waals surface area contributed by atoms with Crippen molar-refractivity contribution in [3.8, 4) is 0 Å². The summed E-state index contributed by atoms with van der Waals surface area (Å²) < 4.78 is 38.7. The smallest absolute Gasteiger partial charge is 0.338 e. The fourth-order valence-corrected chi connectivity index (χ4v) is 6.50. The van der Waals surface area contributed by atoms with Gasteiger partial charge in [0.25, 0.3) is 5.91 Å². The third-order valence-corrected chi connectivity index (χ3v) is 8.58. The van der Waals surface area contributed by atoms with E-state index in [1.807, 2.05) is 0 Å². The van der Waals surface area contributed by atoms with Gasteiger partial charge in [0, 0.05) is 19.1 Å². The normalized spacial score (nSPS) is 27.5. The van der Waals surface area contributed by atoms with E-state index in [0.717, 1.165) is 25.7 Å². The second-order valence-electron chi connectivity index (χ2n) is 9.15. The Morgan fingerprint density at radius 2 is 1.79 bits per heavy atom. The van der Waals surface area contributed by atoms with Crippen LogP contribution in [0.25, 0.3) is 0 Å². The molecule has 0 bridgehead atoms. The van der Waals surface area contributed by atoms with Crippen molar-refractivity contribution in [2.75, 3.05) is 13.1 Å². The van der Waals surface area contributed by atoms with Gasteiger partial charge in [-0.15, -0.1) is 0 Å². The Morgan fingerprint density at radius 1 is 1.15 bits per heavy atom. The minimum Gasteiger partial charge on any atom is -0.449 e. The second kappa shape index (κ2) is 10.7. The Balaban J connectivity index is 1.71. The van der Waals surface area contributed by atoms with Crippen LogP contribution in [0.3, 0.4) is 0 Å². The molecule has 1 amide bonds. The van der Waals surface area contributed by atoms with Crippen LogP contribution in [0.5, 0.6) is 0 Å². The number of benzene rings is 1. The summed E-state index contributed by atoms with van der Waals surface area (Å²) >= 11 is 6.20. The topological polar surface area (TPSA) is 102 Å². The Bertz CT molecular complexity index is 975. The van der Waals surface area contributed by atoms with Crippen LogP contribution in [-0.4, -0.2) is 62.0 Å². The van der Waals surface area contributed by atoms with E-state index in [4.69, 9.17) is 21.1 Å². The first kappa shape index (κ1) is 25.9. The zero-order valence-electron chi connectivity index (χ0n) is 19.5. The lowest BCUT2D eigenvalue weighted by molar-refractivity contribution is -0.130. The average Bonchev–Trinajstić information content (AvgIpc) is 2.74. The van der Waals surface area contributed by atoms with Crippen molar-refractivity contribution in [3.63, 3.8) is 0 Å². The number of sulfonamides is 1. The van der Waals surface area contributed by atoms with Crippen molar-refractivity contribution in [3.05, 3.63) is 28.8 Å². The molecule has 5 atom stereocenters. The van der Waals surface area contributed by atoms with Gasteiger partial charge in [0.15, 0.2) is 6.10 Å². The molecule has 1 saturated carbocycles. The fraction of sp³-hybridized carbons (Fsp3) is 0.652. The van der Waals surface area contributed by atoms with Gasteiger partial charge in [0.2, 0.25) is 10.0 Å². The van der Waals surface area contributed by atoms with E-state index in [-0.39, 0.29) is 52.7 Å². The molecule has 184 valence electrons. The zero-order chi connectivity index (χ0) is 24.3. The van der Waals surface area contributed by atoms with E-state index in [0.29, 0.717) is 5.92 Å². The van der Waals surface area contributed by atoms with E-state index in [1.165, 1.54) is 29.4 Å². The lowest BCUT2D eigenvalue weighted by Crippen LogP contribution is -2.48. The van der Waals surface area contributed by atoms with Gasteiger partial charge in [-0.3, -0.25) is 4.79 Å². The van der Waals surface area contributed by atoms with Gasteiger partial charge in [-0.1, -0.05) is 31.4 Å². The van der Waals surface area contributed by atoms with Crippen LogP contribution < -0.4 is 5.32 Å². The van der Waals surface area contributed by atoms with Crippen LogP contribution in [0.2, 0.25) is 5.02 Å². The molecule has 1 aliphatic heterocycles. The van der Waals surface area contributed by atoms with E-state index >= 15 is 0 Å². The molecule has 0 aromatic heterocycles. The van der Waals surface area contributed by atoms with E-state index in [2.05, 4.69) is 12.2 Å². The number of rotatable bonds is 6. The highest BCUT2D eigenvalue weighted by Gasteiger charge is 2.34. The molecule has 0 unspecified atom stereocenters. The molecular formula is C23H33ClN2O6S. The molecule has 8 nitrogen and oxygen atoms in total. The maximum Gasteiger partial charge on any atom is 0.338 e. The highest BCUT2D eigenvalue weighted by atomic mass is 35.5. The Kier molecular flexibility index (Phi) is 8.42. The van der Waals surface area contributed by atoms with Crippen LogP contribution >= 0.6 is 11.6 Å². The Labute approximate surface area is 201 Å². The summed E-state index contributed by atoms with van der Waals surface area (Å²) in [4.78, 5) is 25.1. The van der Waals surface area contributed by atoms with Crippen molar-refractivity contribution in [2.24, 2.45) is 5.92 Å². The SMILES string of the molecule is C[C@@H]1CN(S(=O)(=O)c2cc(C(=O)O[C@H](C)C(=O)N[C@H]3CCCC[C@H]3C)ccc2Cl)C[C@H](C)O1. The minimum atomic E-state index is -3.95. The number of carbonyl (C=O) groups excluding carboxylic acids is 2. The highest BCUT2D eigenvalue weighted by molar-refractivity contribution is 7.89. The molecular weight excluding hydrogens is 468 g/mol. The Morgan fingerprint density at radius 3 is 2.42 bits per heavy atom. The van der Waals surface area contributed by atoms with Gasteiger partial charge in [-0.25, -0.2) is 13.2 Å². The van der Waals surface area contributed by atoms with E-state index in [1.54, 1.807) is 13.8 Å². The van der Waals surface area contributed by atoms with Crippen molar-refractivity contribution in [1.82, 2.24) is 9.62 Å². The molecule has 1 heterocycles. The summed E-state index contributed by atoms with van der Waals surface area (Å²) in [6, 6.07) is 4.02. The maximum absolute atomic E-state index is 13.2. The summed E-state index contributed by atoms with van der Waals surface area (Å²) in [5.74, 6) is -0.772. The third kappa shape index (κ3) is 6.26. The summed E-state index contributed by atoms with van der Waals surface area (Å²) in [7, 11) is -3.95. The fourth-order valence-electron chi connectivity index (χ4n) is 4.41. The standard InChI is InChI=1S/C23H33ClN2O6S/c1-14-7-5-6-8-20(14)25-22(27)17(4)32-23(28)18-9-10-19(24)21(11-18)33(29,30)26-12-15(2)31-16(3)13-26/h9-11,14-17,20H,5-8,12-13H2,1-4H3,(H,25,27)/t14-,15-,16+,17-,20+/m1/s1. The molecule has 3 rings (SSSR count). The van der Waals surface area contributed by atoms with Crippen LogP contribution in [0.1, 0.15) is 63.7 Å². The molecule has 2 aliphatic rings. The summed E-state index contributed by atoms with van der Waals surface area (Å²) in [5.41, 5.74) is 0.0121. The van der Waals surface area contributed by atoms with Gasteiger partial charge in [0.05, 0.1) is 22.8 Å². The van der Waals surface area contributed by atoms with Crippen molar-refractivity contribution < 1.29 is 27.5 Å². The van der Waals surface area contributed by atoms with Crippen molar-refractivity contribution in [2.45, 2.75) is 82.6 Å². The zero-order valence-corrected chi connectivity index (χ0v) is 21.1. The first-order chi connectivity index (χ1) is 15.5. The number of hydrogen-bond acceptors (Lipinski definition) is 6. The second-order valence-corrected chi connectivity index (χ2v) is 11.5. The number of esters is 1. The van der Waals surface area contributed by atoms with E-state index in [9.17, 15) is 18.0 Å². The summed E-state index contributed by atoms with van der Waals surface area (Å²) in [6.45, 7) is 7.59. The molecule has 0 spiro atoms. The molecule has 1 saturated heterocycles. The summed E-state index contributed by atoms with van der Waals surface area (Å²) in [6.07, 6.45) is 2.65. The summed E-state index contributed by atoms with van der Waals surface area (Å²) in [5, 5.41) is 2.98. The van der Waals surface area contributed by atoms with E-state index < -0.39 is 22.1 Å². The first-order valence-corrected chi connectivity index (χ1v) is 13.3. The van der Waals surface area contributed by atoms with Gasteiger partial charge >= 0.3 is 5.97 Å². The van der Waals surface area contributed by atoms with Crippen LogP contribution in [-0.2, 0) is 24.3 Å². The van der Waals surface area contributed by atoms with Gasteiger partial charge in [0.1, 0.15) is 4.90 Å². The quantitative estimate of drug-likeness (QED) is 0.601. The average molecular weight is 501 g/mol. The number of nitrogens with one attached hydrogen (secondary N) is 1. The molecule has 1 aliphatic carbocycles.